The number of nitrogens with two attached hydrogens (primary N) is 1. The highest BCUT2D eigenvalue weighted by Gasteiger charge is 2.24. The Kier molecular flexibility index (Phi) is 5.87. The average Bonchev–Trinajstić information content (AvgIpc) is 3.39. The quantitative estimate of drug-likeness (QED) is 0.571. The molecule has 2 aromatic carbocycles. The summed E-state index contributed by atoms with van der Waals surface area (Å²) in [6.45, 7) is 0.921. The second-order valence-corrected chi connectivity index (χ2v) is 8.07. The Morgan fingerprint density at radius 1 is 1.13 bits per heavy atom. The number of halogens is 1. The molecule has 0 saturated carbocycles. The number of carbonyl (C=O) groups excluding carboxylic acids is 2. The van der Waals surface area contributed by atoms with Gasteiger partial charge in [-0.25, -0.2) is 14.2 Å². The van der Waals surface area contributed by atoms with Crippen molar-refractivity contribution in [1.29, 1.82) is 0 Å². The van der Waals surface area contributed by atoms with Gasteiger partial charge in [0.05, 0.1) is 4.88 Å². The number of carbonyl (C=O) groups is 2. The topological polar surface area (TPSA) is 94.3 Å². The molecule has 3 N–H and O–H groups in total. The van der Waals surface area contributed by atoms with Gasteiger partial charge in [0.1, 0.15) is 22.3 Å². The van der Waals surface area contributed by atoms with Crippen LogP contribution in [0, 0.1) is 5.82 Å². The van der Waals surface area contributed by atoms with Crippen molar-refractivity contribution >= 4 is 23.2 Å². The molecule has 0 spiro atoms. The van der Waals surface area contributed by atoms with Crippen LogP contribution in [0.5, 0.6) is 5.75 Å². The van der Waals surface area contributed by atoms with Crippen LogP contribution >= 0.6 is 11.3 Å². The fourth-order valence-corrected chi connectivity index (χ4v) is 4.56. The second kappa shape index (κ2) is 8.73. The molecule has 0 aliphatic carbocycles. The molecule has 30 heavy (non-hydrogen) atoms. The van der Waals surface area contributed by atoms with E-state index in [1.807, 2.05) is 0 Å². The zero-order chi connectivity index (χ0) is 21.1. The zero-order valence-corrected chi connectivity index (χ0v) is 16.9. The van der Waals surface area contributed by atoms with Crippen LogP contribution in [0.4, 0.5) is 9.18 Å². The Morgan fingerprint density at radius 3 is 2.47 bits per heavy atom. The molecule has 1 unspecified atom stereocenters. The van der Waals surface area contributed by atoms with Crippen molar-refractivity contribution in [3.8, 4) is 26.8 Å². The number of hydrogen-bond acceptors (Lipinski definition) is 6. The van der Waals surface area contributed by atoms with E-state index < -0.39 is 6.09 Å². The van der Waals surface area contributed by atoms with Gasteiger partial charge in [-0.2, -0.15) is 0 Å². The lowest BCUT2D eigenvalue weighted by atomic mass is 10.0. The molecule has 3 aromatic rings. The summed E-state index contributed by atoms with van der Waals surface area (Å²) in [6, 6.07) is 12.9. The minimum Gasteiger partial charge on any atom is -0.411 e. The Balaban J connectivity index is 1.68. The molecule has 1 aliphatic rings. The molecule has 2 heterocycles. The van der Waals surface area contributed by atoms with Crippen LogP contribution in [0.1, 0.15) is 29.8 Å². The third kappa shape index (κ3) is 4.55. The third-order valence-electron chi connectivity index (χ3n) is 4.91. The van der Waals surface area contributed by atoms with E-state index in [9.17, 15) is 14.0 Å². The van der Waals surface area contributed by atoms with E-state index in [1.165, 1.54) is 23.5 Å². The maximum absolute atomic E-state index is 13.4. The highest BCUT2D eigenvalue weighted by atomic mass is 32.1. The van der Waals surface area contributed by atoms with Crippen molar-refractivity contribution in [2.45, 2.75) is 25.3 Å². The van der Waals surface area contributed by atoms with Crippen LogP contribution < -0.4 is 15.8 Å². The number of benzene rings is 2. The molecule has 1 fully saturated rings. The lowest BCUT2D eigenvalue weighted by molar-refractivity contribution is 0.0968. The summed E-state index contributed by atoms with van der Waals surface area (Å²) < 4.78 is 18.3. The number of hydrogen-bond donors (Lipinski definition) is 2. The summed E-state index contributed by atoms with van der Waals surface area (Å²) in [5.41, 5.74) is 6.95. The van der Waals surface area contributed by atoms with E-state index in [-0.39, 0.29) is 17.6 Å². The van der Waals surface area contributed by atoms with Crippen LogP contribution in [-0.2, 0) is 0 Å². The minimum atomic E-state index is -0.885. The van der Waals surface area contributed by atoms with Gasteiger partial charge in [-0.15, -0.1) is 11.3 Å². The first-order valence-electron chi connectivity index (χ1n) is 9.60. The summed E-state index contributed by atoms with van der Waals surface area (Å²) in [7, 11) is 0. The lowest BCUT2D eigenvalue weighted by Crippen LogP contribution is -2.24. The SMILES string of the molecule is NC(=O)Oc1ccc(-c2nc(C(=O)CC3CCCN3)c(-c3ccc(F)cc3)s2)cc1. The molecule has 0 bridgehead atoms. The molecule has 1 aliphatic heterocycles. The first-order chi connectivity index (χ1) is 14.5. The number of nitrogens with zero attached hydrogens (tertiary/aromatic N) is 1. The number of nitrogens with one attached hydrogen (secondary N) is 1. The van der Waals surface area contributed by atoms with Crippen LogP contribution in [0.25, 0.3) is 21.0 Å². The van der Waals surface area contributed by atoms with Gasteiger partial charge in [-0.05, 0) is 61.3 Å². The smallest absolute Gasteiger partial charge is 0.409 e. The van der Waals surface area contributed by atoms with Gasteiger partial charge < -0.3 is 15.8 Å². The van der Waals surface area contributed by atoms with Crippen molar-refractivity contribution in [2.75, 3.05) is 6.54 Å². The van der Waals surface area contributed by atoms with Crippen LogP contribution in [-0.4, -0.2) is 29.4 Å². The maximum Gasteiger partial charge on any atom is 0.409 e. The molecule has 1 saturated heterocycles. The standard InChI is InChI=1S/C22H20FN3O3S/c23-15-7-3-13(4-8-15)20-19(18(27)12-16-2-1-11-25-16)26-21(30-20)14-5-9-17(10-6-14)29-22(24)28/h3-10,16,25H,1-2,11-12H2,(H2,24,28). The van der Waals surface area contributed by atoms with E-state index in [4.69, 9.17) is 10.5 Å². The van der Waals surface area contributed by atoms with Gasteiger partial charge in [0.2, 0.25) is 0 Å². The predicted octanol–water partition coefficient (Wildman–Crippen LogP) is 4.40. The molecule has 1 aromatic heterocycles. The second-order valence-electron chi connectivity index (χ2n) is 7.07. The lowest BCUT2D eigenvalue weighted by Gasteiger charge is -2.08. The van der Waals surface area contributed by atoms with Crippen molar-refractivity contribution in [3.05, 3.63) is 60.0 Å². The molecule has 0 radical (unpaired) electrons. The Morgan fingerprint density at radius 2 is 1.83 bits per heavy atom. The third-order valence-corrected chi connectivity index (χ3v) is 6.07. The number of primary amides is 1. The molecular weight excluding hydrogens is 405 g/mol. The summed E-state index contributed by atoms with van der Waals surface area (Å²) >= 11 is 1.37. The first-order valence-corrected chi connectivity index (χ1v) is 10.4. The van der Waals surface area contributed by atoms with Crippen molar-refractivity contribution < 1.29 is 18.7 Å². The molecule has 154 valence electrons. The van der Waals surface area contributed by atoms with E-state index in [2.05, 4.69) is 10.3 Å². The summed E-state index contributed by atoms with van der Waals surface area (Å²) in [6.07, 6.45) is 1.52. The van der Waals surface area contributed by atoms with Gasteiger partial charge in [0.15, 0.2) is 5.78 Å². The monoisotopic (exact) mass is 425 g/mol. The molecule has 1 atom stereocenters. The Labute approximate surface area is 176 Å². The zero-order valence-electron chi connectivity index (χ0n) is 16.1. The summed E-state index contributed by atoms with van der Waals surface area (Å²) in [5, 5.41) is 3.99. The van der Waals surface area contributed by atoms with Gasteiger partial charge in [-0.3, -0.25) is 4.79 Å². The van der Waals surface area contributed by atoms with Crippen molar-refractivity contribution in [3.63, 3.8) is 0 Å². The van der Waals surface area contributed by atoms with E-state index in [0.717, 1.165) is 30.5 Å². The number of aromatic nitrogens is 1. The Bertz CT molecular complexity index is 1060. The largest absolute Gasteiger partial charge is 0.411 e. The summed E-state index contributed by atoms with van der Waals surface area (Å²) in [4.78, 5) is 29.3. The van der Waals surface area contributed by atoms with Gasteiger partial charge in [-0.1, -0.05) is 12.1 Å². The van der Waals surface area contributed by atoms with Crippen molar-refractivity contribution in [1.82, 2.24) is 10.3 Å². The fourth-order valence-electron chi connectivity index (χ4n) is 3.46. The van der Waals surface area contributed by atoms with E-state index in [0.29, 0.717) is 27.7 Å². The molecule has 8 heteroatoms. The minimum absolute atomic E-state index is 0.0371. The first kappa shape index (κ1) is 20.2. The fraction of sp³-hybridized carbons (Fsp3) is 0.227. The number of amides is 1. The number of Topliss-reactive ketones (excluding diaryl/α,β-unsaturated/α-hetero) is 1. The highest BCUT2D eigenvalue weighted by molar-refractivity contribution is 7.18. The number of rotatable bonds is 6. The van der Waals surface area contributed by atoms with Crippen LogP contribution in [0.3, 0.4) is 0 Å². The highest BCUT2D eigenvalue weighted by Crippen LogP contribution is 2.37. The predicted molar refractivity (Wildman–Crippen MR) is 113 cm³/mol. The number of ketones is 1. The van der Waals surface area contributed by atoms with Crippen LogP contribution in [0.2, 0.25) is 0 Å². The Hall–Kier alpha value is -3.10. The maximum atomic E-state index is 13.4. The van der Waals surface area contributed by atoms with E-state index in [1.54, 1.807) is 36.4 Å². The van der Waals surface area contributed by atoms with Crippen LogP contribution in [0.15, 0.2) is 48.5 Å². The number of ether oxygens (including phenoxy) is 1. The average molecular weight is 425 g/mol. The summed E-state index contributed by atoms with van der Waals surface area (Å²) in [5.74, 6) is -0.0494. The number of thiazole rings is 1. The molecular formula is C22H20FN3O3S. The van der Waals surface area contributed by atoms with Crippen molar-refractivity contribution in [2.24, 2.45) is 5.73 Å². The molecule has 4 rings (SSSR count). The molecule has 1 amide bonds. The van der Waals surface area contributed by atoms with Gasteiger partial charge in [0.25, 0.3) is 0 Å². The van der Waals surface area contributed by atoms with Gasteiger partial charge in [0, 0.05) is 18.0 Å². The molecule has 6 nitrogen and oxygen atoms in total. The normalized spacial score (nSPS) is 15.8. The van der Waals surface area contributed by atoms with Gasteiger partial charge >= 0.3 is 6.09 Å². The van der Waals surface area contributed by atoms with E-state index >= 15 is 0 Å².